The van der Waals surface area contributed by atoms with E-state index in [-0.39, 0.29) is 17.6 Å². The smallest absolute Gasteiger partial charge is 0.416 e. The lowest BCUT2D eigenvalue weighted by molar-refractivity contribution is -0.137. The van der Waals surface area contributed by atoms with Crippen LogP contribution >= 0.6 is 11.3 Å². The van der Waals surface area contributed by atoms with Crippen molar-refractivity contribution in [3.8, 4) is 5.19 Å². The number of amides is 1. The number of thiazole rings is 1. The van der Waals surface area contributed by atoms with E-state index in [0.29, 0.717) is 31.1 Å². The molecule has 1 amide bonds. The van der Waals surface area contributed by atoms with Crippen molar-refractivity contribution in [2.75, 3.05) is 13.1 Å². The number of hydrogen-bond acceptors (Lipinski definition) is 4. The Morgan fingerprint density at radius 2 is 1.86 bits per heavy atom. The number of halogens is 3. The molecule has 8 heteroatoms. The van der Waals surface area contributed by atoms with E-state index in [0.717, 1.165) is 22.3 Å². The second-order valence-corrected chi connectivity index (χ2v) is 7.63. The number of benzene rings is 2. The Hall–Kier alpha value is -2.61. The fraction of sp³-hybridized carbons (Fsp3) is 0.300. The quantitative estimate of drug-likeness (QED) is 0.615. The van der Waals surface area contributed by atoms with Crippen LogP contribution in [0.3, 0.4) is 0 Å². The van der Waals surface area contributed by atoms with Crippen LogP contribution in [0.25, 0.3) is 10.2 Å². The molecule has 1 aromatic heterocycles. The van der Waals surface area contributed by atoms with E-state index in [4.69, 9.17) is 4.74 Å². The summed E-state index contributed by atoms with van der Waals surface area (Å²) in [4.78, 5) is 18.6. The molecule has 3 aromatic rings. The van der Waals surface area contributed by atoms with Crippen LogP contribution in [0, 0.1) is 0 Å². The molecule has 0 atom stereocenters. The van der Waals surface area contributed by atoms with Crippen molar-refractivity contribution in [2.24, 2.45) is 0 Å². The summed E-state index contributed by atoms with van der Waals surface area (Å²) in [6.45, 7) is 0.870. The molecule has 28 heavy (non-hydrogen) atoms. The van der Waals surface area contributed by atoms with Crippen molar-refractivity contribution in [1.29, 1.82) is 0 Å². The molecule has 0 saturated carbocycles. The highest BCUT2D eigenvalue weighted by atomic mass is 32.1. The van der Waals surface area contributed by atoms with E-state index < -0.39 is 11.7 Å². The summed E-state index contributed by atoms with van der Waals surface area (Å²) >= 11 is 1.48. The lowest BCUT2D eigenvalue weighted by Gasteiger charge is -2.31. The van der Waals surface area contributed by atoms with E-state index in [1.807, 2.05) is 24.3 Å². The second kappa shape index (κ2) is 7.43. The first-order valence-electron chi connectivity index (χ1n) is 8.89. The number of rotatable bonds is 3. The summed E-state index contributed by atoms with van der Waals surface area (Å²) in [6, 6.07) is 12.3. The van der Waals surface area contributed by atoms with Crippen molar-refractivity contribution < 1.29 is 22.7 Å². The predicted molar refractivity (Wildman–Crippen MR) is 101 cm³/mol. The molecule has 0 spiro atoms. The third kappa shape index (κ3) is 3.96. The van der Waals surface area contributed by atoms with Gasteiger partial charge in [-0.25, -0.2) is 4.98 Å². The molecule has 4 rings (SSSR count). The minimum Gasteiger partial charge on any atom is -0.467 e. The molecule has 0 bridgehead atoms. The Morgan fingerprint density at radius 1 is 1.11 bits per heavy atom. The molecule has 146 valence electrons. The molecule has 1 aliphatic rings. The number of carbonyl (C=O) groups excluding carboxylic acids is 1. The number of carbonyl (C=O) groups is 1. The summed E-state index contributed by atoms with van der Waals surface area (Å²) in [6.07, 6.45) is -3.30. The zero-order chi connectivity index (χ0) is 19.7. The molecule has 0 N–H and O–H groups in total. The van der Waals surface area contributed by atoms with Gasteiger partial charge in [-0.2, -0.15) is 13.2 Å². The highest BCUT2D eigenvalue weighted by molar-refractivity contribution is 7.20. The zero-order valence-electron chi connectivity index (χ0n) is 14.8. The van der Waals surface area contributed by atoms with Crippen LogP contribution in [0.2, 0.25) is 0 Å². The second-order valence-electron chi connectivity index (χ2n) is 6.64. The van der Waals surface area contributed by atoms with Crippen molar-refractivity contribution in [2.45, 2.75) is 25.1 Å². The average Bonchev–Trinajstić information content (AvgIpc) is 3.10. The van der Waals surface area contributed by atoms with Crippen LogP contribution in [0.1, 0.15) is 28.8 Å². The molecule has 0 aliphatic carbocycles. The number of piperidine rings is 1. The molecule has 2 heterocycles. The van der Waals surface area contributed by atoms with E-state index in [2.05, 4.69) is 4.98 Å². The van der Waals surface area contributed by atoms with Crippen LogP contribution in [-0.2, 0) is 6.18 Å². The number of fused-ring (bicyclic) bond motifs is 1. The maximum Gasteiger partial charge on any atom is 0.416 e. The van der Waals surface area contributed by atoms with Gasteiger partial charge in [0.05, 0.1) is 15.8 Å². The first-order chi connectivity index (χ1) is 13.4. The fourth-order valence-corrected chi connectivity index (χ4v) is 4.11. The van der Waals surface area contributed by atoms with Crippen LogP contribution in [0.4, 0.5) is 13.2 Å². The molecule has 1 fully saturated rings. The maximum absolute atomic E-state index is 12.9. The van der Waals surface area contributed by atoms with Gasteiger partial charge in [-0.05, 0) is 30.3 Å². The van der Waals surface area contributed by atoms with Gasteiger partial charge < -0.3 is 9.64 Å². The number of alkyl halides is 3. The van der Waals surface area contributed by atoms with Crippen molar-refractivity contribution in [3.63, 3.8) is 0 Å². The van der Waals surface area contributed by atoms with Gasteiger partial charge in [-0.15, -0.1) is 0 Å². The van der Waals surface area contributed by atoms with Gasteiger partial charge in [0.25, 0.3) is 11.1 Å². The van der Waals surface area contributed by atoms with Crippen molar-refractivity contribution in [1.82, 2.24) is 9.88 Å². The van der Waals surface area contributed by atoms with Gasteiger partial charge in [-0.1, -0.05) is 29.5 Å². The van der Waals surface area contributed by atoms with Gasteiger partial charge in [0.2, 0.25) is 0 Å². The molecule has 4 nitrogen and oxygen atoms in total. The highest BCUT2D eigenvalue weighted by Crippen LogP contribution is 2.31. The van der Waals surface area contributed by atoms with Crippen LogP contribution < -0.4 is 4.74 Å². The largest absolute Gasteiger partial charge is 0.467 e. The Balaban J connectivity index is 1.38. The topological polar surface area (TPSA) is 42.4 Å². The number of hydrogen-bond donors (Lipinski definition) is 0. The number of nitrogens with zero attached hydrogens (tertiary/aromatic N) is 2. The fourth-order valence-electron chi connectivity index (χ4n) is 3.23. The van der Waals surface area contributed by atoms with Gasteiger partial charge in [-0.3, -0.25) is 4.79 Å². The molecule has 1 saturated heterocycles. The molecule has 0 radical (unpaired) electrons. The summed E-state index contributed by atoms with van der Waals surface area (Å²) < 4.78 is 45.6. The van der Waals surface area contributed by atoms with E-state index in [1.54, 1.807) is 4.90 Å². The lowest BCUT2D eigenvalue weighted by atomic mass is 10.0. The maximum atomic E-state index is 12.9. The van der Waals surface area contributed by atoms with E-state index >= 15 is 0 Å². The van der Waals surface area contributed by atoms with Gasteiger partial charge in [0.15, 0.2) is 0 Å². The van der Waals surface area contributed by atoms with Crippen LogP contribution in [0.15, 0.2) is 48.5 Å². The monoisotopic (exact) mass is 406 g/mol. The average molecular weight is 406 g/mol. The number of para-hydroxylation sites is 1. The summed E-state index contributed by atoms with van der Waals surface area (Å²) in [7, 11) is 0. The van der Waals surface area contributed by atoms with Crippen molar-refractivity contribution >= 4 is 27.5 Å². The minimum atomic E-state index is -4.46. The molecule has 2 aromatic carbocycles. The Kier molecular flexibility index (Phi) is 4.97. The first-order valence-corrected chi connectivity index (χ1v) is 9.70. The number of aromatic nitrogens is 1. The Labute approximate surface area is 163 Å². The minimum absolute atomic E-state index is 0.0559. The SMILES string of the molecule is O=C(c1cccc(C(F)(F)F)c1)N1CCC(Oc2nc3ccccc3s2)CC1. The van der Waals surface area contributed by atoms with E-state index in [9.17, 15) is 18.0 Å². The van der Waals surface area contributed by atoms with Gasteiger partial charge in [0, 0.05) is 31.5 Å². The summed E-state index contributed by atoms with van der Waals surface area (Å²) in [5.74, 6) is -0.385. The standard InChI is InChI=1S/C20H17F3N2O2S/c21-20(22,23)14-5-3-4-13(12-14)18(26)25-10-8-15(9-11-25)27-19-24-16-6-1-2-7-17(16)28-19/h1-7,12,15H,8-11H2. The van der Waals surface area contributed by atoms with Crippen LogP contribution in [0.5, 0.6) is 5.19 Å². The molecular formula is C20H17F3N2O2S. The molecular weight excluding hydrogens is 389 g/mol. The molecule has 1 aliphatic heterocycles. The first kappa shape index (κ1) is 18.7. The van der Waals surface area contributed by atoms with E-state index in [1.165, 1.54) is 23.5 Å². The van der Waals surface area contributed by atoms with Gasteiger partial charge >= 0.3 is 6.18 Å². The third-order valence-corrected chi connectivity index (χ3v) is 5.64. The van der Waals surface area contributed by atoms with Gasteiger partial charge in [0.1, 0.15) is 6.10 Å². The lowest BCUT2D eigenvalue weighted by Crippen LogP contribution is -2.41. The van der Waals surface area contributed by atoms with Crippen LogP contribution in [-0.4, -0.2) is 35.0 Å². The zero-order valence-corrected chi connectivity index (χ0v) is 15.6. The highest BCUT2D eigenvalue weighted by Gasteiger charge is 2.32. The third-order valence-electron chi connectivity index (χ3n) is 4.71. The Morgan fingerprint density at radius 3 is 2.57 bits per heavy atom. The molecule has 0 unspecified atom stereocenters. The summed E-state index contributed by atoms with van der Waals surface area (Å²) in [5, 5.41) is 0.601. The predicted octanol–water partition coefficient (Wildman–Crippen LogP) is 5.00. The normalized spacial score (nSPS) is 15.8. The number of likely N-dealkylation sites (tertiary alicyclic amines) is 1. The summed E-state index contributed by atoms with van der Waals surface area (Å²) in [5.41, 5.74) is 0.132. The Bertz CT molecular complexity index is 961. The van der Waals surface area contributed by atoms with Crippen molar-refractivity contribution in [3.05, 3.63) is 59.7 Å². The number of ether oxygens (including phenoxy) is 1.